The highest BCUT2D eigenvalue weighted by molar-refractivity contribution is 5.09. The SMILES string of the molecule is C=C(CNC(C)C)CN(CCC#N)Cc1cccnc1. The topological polar surface area (TPSA) is 52.0 Å². The first kappa shape index (κ1) is 16.4. The smallest absolute Gasteiger partial charge is 0.0635 e. The Morgan fingerprint density at radius 2 is 2.35 bits per heavy atom. The van der Waals surface area contributed by atoms with Gasteiger partial charge in [0.1, 0.15) is 0 Å². The Bertz CT molecular complexity index is 434. The van der Waals surface area contributed by atoms with Crippen LogP contribution in [0.2, 0.25) is 0 Å². The van der Waals surface area contributed by atoms with Gasteiger partial charge in [0.05, 0.1) is 6.07 Å². The van der Waals surface area contributed by atoms with Gasteiger partial charge in [0.25, 0.3) is 0 Å². The van der Waals surface area contributed by atoms with Gasteiger partial charge in [0, 0.05) is 51.0 Å². The molecule has 0 aliphatic carbocycles. The van der Waals surface area contributed by atoms with Gasteiger partial charge < -0.3 is 5.32 Å². The van der Waals surface area contributed by atoms with E-state index < -0.39 is 0 Å². The van der Waals surface area contributed by atoms with Gasteiger partial charge in [-0.2, -0.15) is 5.26 Å². The Morgan fingerprint density at radius 3 is 2.95 bits per heavy atom. The van der Waals surface area contributed by atoms with E-state index in [1.165, 1.54) is 0 Å². The molecule has 0 atom stereocenters. The summed E-state index contributed by atoms with van der Waals surface area (Å²) >= 11 is 0. The number of pyridine rings is 1. The molecule has 0 aliphatic heterocycles. The Hall–Kier alpha value is -1.70. The van der Waals surface area contributed by atoms with Gasteiger partial charge in [-0.1, -0.05) is 26.5 Å². The van der Waals surface area contributed by atoms with Crippen molar-refractivity contribution in [1.82, 2.24) is 15.2 Å². The number of nitriles is 1. The molecule has 0 aliphatic rings. The van der Waals surface area contributed by atoms with Gasteiger partial charge >= 0.3 is 0 Å². The fourth-order valence-electron chi connectivity index (χ4n) is 1.89. The van der Waals surface area contributed by atoms with Crippen LogP contribution in [0.3, 0.4) is 0 Å². The van der Waals surface area contributed by atoms with Gasteiger partial charge in [-0.15, -0.1) is 0 Å². The van der Waals surface area contributed by atoms with Crippen molar-refractivity contribution in [2.45, 2.75) is 32.9 Å². The Balaban J connectivity index is 2.51. The van der Waals surface area contributed by atoms with E-state index in [-0.39, 0.29) is 0 Å². The lowest BCUT2D eigenvalue weighted by atomic mass is 10.2. The number of hydrogen-bond acceptors (Lipinski definition) is 4. The van der Waals surface area contributed by atoms with Crippen LogP contribution in [0.1, 0.15) is 25.8 Å². The van der Waals surface area contributed by atoms with E-state index in [1.54, 1.807) is 6.20 Å². The van der Waals surface area contributed by atoms with Crippen LogP contribution in [0.5, 0.6) is 0 Å². The van der Waals surface area contributed by atoms with E-state index >= 15 is 0 Å². The van der Waals surface area contributed by atoms with Crippen molar-refractivity contribution in [3.63, 3.8) is 0 Å². The van der Waals surface area contributed by atoms with Gasteiger partial charge in [-0.25, -0.2) is 0 Å². The number of nitrogens with one attached hydrogen (secondary N) is 1. The molecule has 0 fully saturated rings. The van der Waals surface area contributed by atoms with Crippen molar-refractivity contribution in [2.75, 3.05) is 19.6 Å². The first-order chi connectivity index (χ1) is 9.61. The minimum Gasteiger partial charge on any atom is -0.311 e. The molecule has 20 heavy (non-hydrogen) atoms. The average Bonchev–Trinajstić information content (AvgIpc) is 2.43. The summed E-state index contributed by atoms with van der Waals surface area (Å²) in [6.45, 7) is 11.5. The maximum absolute atomic E-state index is 8.77. The number of hydrogen-bond donors (Lipinski definition) is 1. The fraction of sp³-hybridized carbons (Fsp3) is 0.500. The van der Waals surface area contributed by atoms with Crippen LogP contribution in [0.25, 0.3) is 0 Å². The quantitative estimate of drug-likeness (QED) is 0.701. The molecule has 0 saturated carbocycles. The zero-order valence-electron chi connectivity index (χ0n) is 12.5. The minimum atomic E-state index is 0.456. The van der Waals surface area contributed by atoms with Crippen molar-refractivity contribution >= 4 is 0 Å². The molecule has 1 N–H and O–H groups in total. The van der Waals surface area contributed by atoms with Gasteiger partial charge in [0.15, 0.2) is 0 Å². The maximum Gasteiger partial charge on any atom is 0.0635 e. The number of aromatic nitrogens is 1. The summed E-state index contributed by atoms with van der Waals surface area (Å²) in [6.07, 6.45) is 4.17. The third kappa shape index (κ3) is 7.03. The maximum atomic E-state index is 8.77. The first-order valence-corrected chi connectivity index (χ1v) is 7.00. The minimum absolute atomic E-state index is 0.456. The van der Waals surface area contributed by atoms with Crippen LogP contribution in [-0.2, 0) is 6.54 Å². The molecule has 4 heteroatoms. The van der Waals surface area contributed by atoms with Crippen LogP contribution in [0.4, 0.5) is 0 Å². The largest absolute Gasteiger partial charge is 0.311 e. The van der Waals surface area contributed by atoms with E-state index in [1.807, 2.05) is 12.3 Å². The van der Waals surface area contributed by atoms with Gasteiger partial charge in [-0.3, -0.25) is 9.88 Å². The molecule has 0 radical (unpaired) electrons. The van der Waals surface area contributed by atoms with Crippen LogP contribution in [0.15, 0.2) is 36.7 Å². The lowest BCUT2D eigenvalue weighted by Gasteiger charge is -2.23. The van der Waals surface area contributed by atoms with Crippen molar-refractivity contribution in [2.24, 2.45) is 0 Å². The van der Waals surface area contributed by atoms with Gasteiger partial charge in [0.2, 0.25) is 0 Å². The molecular formula is C16H24N4. The van der Waals surface area contributed by atoms with Crippen molar-refractivity contribution < 1.29 is 0 Å². The average molecular weight is 272 g/mol. The highest BCUT2D eigenvalue weighted by Gasteiger charge is 2.08. The Labute approximate surface area is 122 Å². The molecule has 1 heterocycles. The summed E-state index contributed by atoms with van der Waals surface area (Å²) in [5.41, 5.74) is 2.30. The molecule has 1 aromatic rings. The fourth-order valence-corrected chi connectivity index (χ4v) is 1.89. The second kappa shape index (κ2) is 9.24. The second-order valence-electron chi connectivity index (χ2n) is 5.27. The molecule has 0 aromatic carbocycles. The van der Waals surface area contributed by atoms with Crippen LogP contribution in [0, 0.1) is 11.3 Å². The van der Waals surface area contributed by atoms with Crippen LogP contribution >= 0.6 is 0 Å². The molecule has 0 amide bonds. The van der Waals surface area contributed by atoms with Crippen LogP contribution in [-0.4, -0.2) is 35.6 Å². The highest BCUT2D eigenvalue weighted by atomic mass is 15.1. The number of nitrogens with zero attached hydrogens (tertiary/aromatic N) is 3. The van der Waals surface area contributed by atoms with E-state index in [4.69, 9.17) is 5.26 Å². The lowest BCUT2D eigenvalue weighted by Crippen LogP contribution is -2.31. The monoisotopic (exact) mass is 272 g/mol. The predicted octanol–water partition coefficient (Wildman–Crippen LogP) is 2.35. The molecular weight excluding hydrogens is 248 g/mol. The molecule has 4 nitrogen and oxygen atoms in total. The molecule has 0 saturated heterocycles. The summed E-state index contributed by atoms with van der Waals surface area (Å²) in [7, 11) is 0. The third-order valence-corrected chi connectivity index (χ3v) is 2.88. The summed E-state index contributed by atoms with van der Waals surface area (Å²) < 4.78 is 0. The summed E-state index contributed by atoms with van der Waals surface area (Å²) in [4.78, 5) is 6.37. The highest BCUT2D eigenvalue weighted by Crippen LogP contribution is 2.06. The summed E-state index contributed by atoms with van der Waals surface area (Å²) in [5.74, 6) is 0. The Kier molecular flexibility index (Phi) is 7.56. The van der Waals surface area contributed by atoms with E-state index in [9.17, 15) is 0 Å². The predicted molar refractivity (Wildman–Crippen MR) is 82.0 cm³/mol. The second-order valence-corrected chi connectivity index (χ2v) is 5.27. The van der Waals surface area contributed by atoms with Crippen LogP contribution < -0.4 is 5.32 Å². The Morgan fingerprint density at radius 1 is 1.55 bits per heavy atom. The molecule has 0 unspecified atom stereocenters. The molecule has 1 rings (SSSR count). The van der Waals surface area contributed by atoms with E-state index in [2.05, 4.69) is 47.8 Å². The zero-order valence-corrected chi connectivity index (χ0v) is 12.5. The molecule has 0 bridgehead atoms. The molecule has 108 valence electrons. The first-order valence-electron chi connectivity index (χ1n) is 7.00. The standard InChI is InChI=1S/C16H24N4/c1-14(2)19-10-15(3)12-20(9-5-7-17)13-16-6-4-8-18-11-16/h4,6,8,11,14,19H,3,5,9-10,12-13H2,1-2H3. The summed E-state index contributed by atoms with van der Waals surface area (Å²) in [6, 6.07) is 6.66. The number of rotatable bonds is 9. The van der Waals surface area contributed by atoms with Crippen molar-refractivity contribution in [1.29, 1.82) is 5.26 Å². The normalized spacial score (nSPS) is 10.8. The van der Waals surface area contributed by atoms with E-state index in [0.717, 1.165) is 37.3 Å². The molecule has 1 aromatic heterocycles. The van der Waals surface area contributed by atoms with E-state index in [0.29, 0.717) is 12.5 Å². The zero-order chi connectivity index (χ0) is 14.8. The third-order valence-electron chi connectivity index (χ3n) is 2.88. The summed E-state index contributed by atoms with van der Waals surface area (Å²) in [5, 5.41) is 12.1. The van der Waals surface area contributed by atoms with Crippen molar-refractivity contribution in [3.8, 4) is 6.07 Å². The van der Waals surface area contributed by atoms with Gasteiger partial charge in [-0.05, 0) is 17.2 Å². The van der Waals surface area contributed by atoms with Crippen molar-refractivity contribution in [3.05, 3.63) is 42.2 Å². The molecule has 0 spiro atoms. The lowest BCUT2D eigenvalue weighted by molar-refractivity contribution is 0.292.